The normalized spacial score (nSPS) is 12.4. The van der Waals surface area contributed by atoms with E-state index in [-0.39, 0.29) is 24.0 Å². The Labute approximate surface area is 193 Å². The number of aliphatic imine (C=N–C) groups is 1. The smallest absolute Gasteiger partial charge is 0.231 e. The van der Waals surface area contributed by atoms with Crippen molar-refractivity contribution in [1.82, 2.24) is 20.4 Å². The molecule has 0 radical (unpaired) electrons. The van der Waals surface area contributed by atoms with Crippen molar-refractivity contribution in [3.8, 4) is 11.5 Å². The van der Waals surface area contributed by atoms with E-state index >= 15 is 0 Å². The van der Waals surface area contributed by atoms with Crippen molar-refractivity contribution in [1.29, 1.82) is 0 Å². The van der Waals surface area contributed by atoms with Gasteiger partial charge in [0, 0.05) is 31.9 Å². The van der Waals surface area contributed by atoms with Crippen LogP contribution in [0.25, 0.3) is 0 Å². The number of fused-ring (bicyclic) bond motifs is 1. The molecule has 1 aromatic heterocycles. The summed E-state index contributed by atoms with van der Waals surface area (Å²) < 4.78 is 12.7. The van der Waals surface area contributed by atoms with Crippen LogP contribution in [0.5, 0.6) is 11.5 Å². The molecular formula is C22H26IN5O2. The zero-order valence-corrected chi connectivity index (χ0v) is 19.2. The number of guanidine groups is 1. The fraction of sp³-hybridized carbons (Fsp3) is 0.273. The van der Waals surface area contributed by atoms with Gasteiger partial charge < -0.3 is 20.1 Å². The van der Waals surface area contributed by atoms with E-state index in [1.165, 1.54) is 11.1 Å². The van der Waals surface area contributed by atoms with Crippen LogP contribution < -0.4 is 20.1 Å². The quantitative estimate of drug-likeness (QED) is 0.285. The fourth-order valence-electron chi connectivity index (χ4n) is 3.18. The van der Waals surface area contributed by atoms with Gasteiger partial charge in [-0.15, -0.1) is 24.0 Å². The van der Waals surface area contributed by atoms with Crippen LogP contribution in [0.2, 0.25) is 0 Å². The van der Waals surface area contributed by atoms with E-state index in [0.29, 0.717) is 13.3 Å². The van der Waals surface area contributed by atoms with Gasteiger partial charge in [0.05, 0.1) is 12.7 Å². The lowest BCUT2D eigenvalue weighted by molar-refractivity contribution is 0.174. The van der Waals surface area contributed by atoms with Crippen molar-refractivity contribution in [3.05, 3.63) is 77.6 Å². The van der Waals surface area contributed by atoms with Crippen LogP contribution in [0, 0.1) is 0 Å². The lowest BCUT2D eigenvalue weighted by atomic mass is 10.1. The Kier molecular flexibility index (Phi) is 7.95. The Hall–Kier alpha value is -2.75. The first kappa shape index (κ1) is 21.9. The third kappa shape index (κ3) is 5.88. The summed E-state index contributed by atoms with van der Waals surface area (Å²) in [7, 11) is 1.77. The summed E-state index contributed by atoms with van der Waals surface area (Å²) in [5.74, 6) is 2.39. The molecular weight excluding hydrogens is 493 g/mol. The van der Waals surface area contributed by atoms with Gasteiger partial charge in [-0.1, -0.05) is 36.4 Å². The molecule has 0 amide bonds. The van der Waals surface area contributed by atoms with Gasteiger partial charge in [0.2, 0.25) is 6.79 Å². The Morgan fingerprint density at radius 1 is 1.03 bits per heavy atom. The van der Waals surface area contributed by atoms with E-state index in [0.717, 1.165) is 42.5 Å². The van der Waals surface area contributed by atoms with Gasteiger partial charge in [0.25, 0.3) is 0 Å². The second kappa shape index (κ2) is 10.9. The molecule has 4 rings (SSSR count). The largest absolute Gasteiger partial charge is 0.454 e. The van der Waals surface area contributed by atoms with Crippen LogP contribution in [0.4, 0.5) is 0 Å². The van der Waals surface area contributed by atoms with Crippen molar-refractivity contribution < 1.29 is 9.47 Å². The highest BCUT2D eigenvalue weighted by atomic mass is 127. The van der Waals surface area contributed by atoms with Crippen LogP contribution in [-0.4, -0.2) is 36.1 Å². The number of benzene rings is 2. The average Bonchev–Trinajstić information content (AvgIpc) is 3.40. The maximum atomic E-state index is 5.43. The van der Waals surface area contributed by atoms with Crippen molar-refractivity contribution in [2.75, 3.05) is 20.4 Å². The fourth-order valence-corrected chi connectivity index (χ4v) is 3.18. The summed E-state index contributed by atoms with van der Waals surface area (Å²) in [5, 5.41) is 11.1. The van der Waals surface area contributed by atoms with E-state index in [2.05, 4.69) is 45.1 Å². The van der Waals surface area contributed by atoms with E-state index < -0.39 is 0 Å². The summed E-state index contributed by atoms with van der Waals surface area (Å²) in [6.07, 6.45) is 4.81. The zero-order valence-electron chi connectivity index (χ0n) is 16.9. The molecule has 0 fully saturated rings. The van der Waals surface area contributed by atoms with Crippen LogP contribution >= 0.6 is 24.0 Å². The summed E-state index contributed by atoms with van der Waals surface area (Å²) >= 11 is 0. The molecule has 3 aromatic rings. The topological polar surface area (TPSA) is 72.7 Å². The van der Waals surface area contributed by atoms with Gasteiger partial charge in [-0.05, 0) is 29.7 Å². The number of nitrogens with one attached hydrogen (secondary N) is 2. The van der Waals surface area contributed by atoms with Gasteiger partial charge >= 0.3 is 0 Å². The third-order valence-electron chi connectivity index (χ3n) is 4.70. The summed E-state index contributed by atoms with van der Waals surface area (Å²) in [5.41, 5.74) is 3.54. The molecule has 158 valence electrons. The van der Waals surface area contributed by atoms with Gasteiger partial charge in [-0.3, -0.25) is 9.67 Å². The van der Waals surface area contributed by atoms with Crippen molar-refractivity contribution in [2.45, 2.75) is 19.5 Å². The Morgan fingerprint density at radius 3 is 2.70 bits per heavy atom. The van der Waals surface area contributed by atoms with E-state index in [9.17, 15) is 0 Å². The number of aromatic nitrogens is 2. The molecule has 0 saturated carbocycles. The molecule has 0 spiro atoms. The zero-order chi connectivity index (χ0) is 19.9. The second-order valence-electron chi connectivity index (χ2n) is 6.82. The predicted octanol–water partition coefficient (Wildman–Crippen LogP) is 3.19. The van der Waals surface area contributed by atoms with Gasteiger partial charge in [-0.2, -0.15) is 5.10 Å². The van der Waals surface area contributed by atoms with Crippen LogP contribution in [-0.2, 0) is 19.5 Å². The Bertz CT molecular complexity index is 975. The highest BCUT2D eigenvalue weighted by molar-refractivity contribution is 14.0. The highest BCUT2D eigenvalue weighted by Crippen LogP contribution is 2.32. The number of rotatable bonds is 7. The summed E-state index contributed by atoms with van der Waals surface area (Å²) in [4.78, 5) is 4.29. The molecule has 1 aliphatic heterocycles. The van der Waals surface area contributed by atoms with Crippen molar-refractivity contribution in [2.24, 2.45) is 4.99 Å². The maximum Gasteiger partial charge on any atom is 0.231 e. The minimum absolute atomic E-state index is 0. The van der Waals surface area contributed by atoms with Crippen LogP contribution in [0.3, 0.4) is 0 Å². The predicted molar refractivity (Wildman–Crippen MR) is 128 cm³/mol. The Balaban J connectivity index is 0.00000256. The monoisotopic (exact) mass is 519 g/mol. The first-order valence-corrected chi connectivity index (χ1v) is 9.68. The van der Waals surface area contributed by atoms with Crippen LogP contribution in [0.1, 0.15) is 16.7 Å². The molecule has 8 heteroatoms. The van der Waals surface area contributed by atoms with Crippen LogP contribution in [0.15, 0.2) is 65.9 Å². The second-order valence-corrected chi connectivity index (χ2v) is 6.82. The van der Waals surface area contributed by atoms with Crippen molar-refractivity contribution >= 4 is 29.9 Å². The van der Waals surface area contributed by atoms with Gasteiger partial charge in [0.1, 0.15) is 0 Å². The molecule has 1 aliphatic rings. The lowest BCUT2D eigenvalue weighted by Gasteiger charge is -2.11. The first-order valence-electron chi connectivity index (χ1n) is 9.68. The molecule has 0 bridgehead atoms. The summed E-state index contributed by atoms with van der Waals surface area (Å²) in [6.45, 7) is 2.50. The molecule has 0 aliphatic carbocycles. The average molecular weight is 519 g/mol. The third-order valence-corrected chi connectivity index (χ3v) is 4.70. The number of halogens is 1. The molecule has 2 aromatic carbocycles. The maximum absolute atomic E-state index is 5.43. The number of hydrogen-bond donors (Lipinski definition) is 2. The van der Waals surface area contributed by atoms with Crippen molar-refractivity contribution in [3.63, 3.8) is 0 Å². The molecule has 2 N–H and O–H groups in total. The number of hydrogen-bond acceptors (Lipinski definition) is 4. The first-order chi connectivity index (χ1) is 14.3. The lowest BCUT2D eigenvalue weighted by Crippen LogP contribution is -2.37. The molecule has 7 nitrogen and oxygen atoms in total. The Morgan fingerprint density at radius 2 is 1.87 bits per heavy atom. The minimum Gasteiger partial charge on any atom is -0.454 e. The van der Waals surface area contributed by atoms with E-state index in [1.807, 2.05) is 41.2 Å². The molecule has 0 atom stereocenters. The van der Waals surface area contributed by atoms with Gasteiger partial charge in [-0.25, -0.2) is 0 Å². The molecule has 2 heterocycles. The summed E-state index contributed by atoms with van der Waals surface area (Å²) in [6, 6.07) is 16.4. The number of ether oxygens (including phenoxy) is 2. The molecule has 0 unspecified atom stereocenters. The SMILES string of the molecule is CN=C(NCCc1ccc2c(c1)OCO2)NCc1cnn(Cc2ccccc2)c1.I. The standard InChI is InChI=1S/C22H25N5O2.HI/c1-23-22(24-10-9-17-7-8-20-21(11-17)29-16-28-20)25-12-19-13-26-27(15-19)14-18-5-3-2-4-6-18;/h2-8,11,13,15H,9-10,12,14,16H2,1H3,(H2,23,24,25);1H. The molecule has 30 heavy (non-hydrogen) atoms. The highest BCUT2D eigenvalue weighted by Gasteiger charge is 2.13. The number of nitrogens with zero attached hydrogens (tertiary/aromatic N) is 3. The minimum atomic E-state index is 0. The van der Waals surface area contributed by atoms with E-state index in [1.54, 1.807) is 7.05 Å². The van der Waals surface area contributed by atoms with E-state index in [4.69, 9.17) is 9.47 Å². The van der Waals surface area contributed by atoms with Gasteiger partial charge in [0.15, 0.2) is 17.5 Å². The molecule has 0 saturated heterocycles.